The lowest BCUT2D eigenvalue weighted by molar-refractivity contribution is 0.366. The van der Waals surface area contributed by atoms with Crippen molar-refractivity contribution >= 4 is 0 Å². The molecule has 3 N–H and O–H groups in total. The van der Waals surface area contributed by atoms with Crippen molar-refractivity contribution in [3.63, 3.8) is 0 Å². The van der Waals surface area contributed by atoms with Crippen molar-refractivity contribution < 1.29 is 19.8 Å². The standard InChI is InChI=1S/C7H6N4O4/c1-2-8-6(15-11-2)3-4(12)9-7(14)10-5(3)13/h1H3,(H3,9,10,12,13,14). The van der Waals surface area contributed by atoms with Crippen LogP contribution in [0, 0.1) is 6.92 Å². The first kappa shape index (κ1) is 9.19. The Kier molecular flexibility index (Phi) is 1.89. The van der Waals surface area contributed by atoms with Gasteiger partial charge >= 0.3 is 6.01 Å². The van der Waals surface area contributed by atoms with E-state index >= 15 is 0 Å². The zero-order valence-electron chi connectivity index (χ0n) is 7.54. The van der Waals surface area contributed by atoms with Gasteiger partial charge in [-0.05, 0) is 6.92 Å². The maximum absolute atomic E-state index is 9.34. The van der Waals surface area contributed by atoms with Crippen LogP contribution in [0.2, 0.25) is 0 Å². The van der Waals surface area contributed by atoms with Crippen LogP contribution in [0.5, 0.6) is 17.8 Å². The summed E-state index contributed by atoms with van der Waals surface area (Å²) >= 11 is 0. The Bertz CT molecular complexity index is 486. The molecule has 0 saturated carbocycles. The van der Waals surface area contributed by atoms with Crippen molar-refractivity contribution in [2.75, 3.05) is 0 Å². The zero-order valence-corrected chi connectivity index (χ0v) is 7.54. The molecule has 0 spiro atoms. The fourth-order valence-electron chi connectivity index (χ4n) is 1.02. The van der Waals surface area contributed by atoms with Gasteiger partial charge in [-0.25, -0.2) is 0 Å². The van der Waals surface area contributed by atoms with Gasteiger partial charge in [-0.15, -0.1) is 0 Å². The van der Waals surface area contributed by atoms with Gasteiger partial charge < -0.3 is 19.8 Å². The SMILES string of the molecule is Cc1noc(-c2c(O)nc(O)nc2O)n1. The normalized spacial score (nSPS) is 10.5. The molecule has 0 atom stereocenters. The molecule has 0 amide bonds. The van der Waals surface area contributed by atoms with Crippen LogP contribution in [0.25, 0.3) is 11.5 Å². The Hall–Kier alpha value is -2.38. The van der Waals surface area contributed by atoms with Crippen LogP contribution >= 0.6 is 0 Å². The summed E-state index contributed by atoms with van der Waals surface area (Å²) in [6, 6.07) is -0.745. The molecule has 0 aliphatic carbocycles. The van der Waals surface area contributed by atoms with Gasteiger partial charge in [-0.2, -0.15) is 15.0 Å². The van der Waals surface area contributed by atoms with E-state index in [0.717, 1.165) is 0 Å². The second-order valence-corrected chi connectivity index (χ2v) is 2.69. The first-order valence-electron chi connectivity index (χ1n) is 3.87. The first-order chi connectivity index (χ1) is 7.08. The van der Waals surface area contributed by atoms with E-state index in [1.54, 1.807) is 6.92 Å². The topological polar surface area (TPSA) is 125 Å². The highest BCUT2D eigenvalue weighted by Gasteiger charge is 2.20. The van der Waals surface area contributed by atoms with E-state index in [1.165, 1.54) is 0 Å². The summed E-state index contributed by atoms with van der Waals surface area (Å²) in [5.41, 5.74) is -0.214. The first-order valence-corrected chi connectivity index (χ1v) is 3.87. The molecule has 0 unspecified atom stereocenters. The lowest BCUT2D eigenvalue weighted by Crippen LogP contribution is -1.88. The quantitative estimate of drug-likeness (QED) is 0.598. The molecule has 0 radical (unpaired) electrons. The van der Waals surface area contributed by atoms with Crippen LogP contribution in [0.3, 0.4) is 0 Å². The van der Waals surface area contributed by atoms with E-state index in [1.807, 2.05) is 0 Å². The van der Waals surface area contributed by atoms with Crippen LogP contribution < -0.4 is 0 Å². The number of rotatable bonds is 1. The van der Waals surface area contributed by atoms with Crippen LogP contribution in [-0.4, -0.2) is 35.4 Å². The maximum Gasteiger partial charge on any atom is 0.320 e. The molecule has 0 aliphatic heterocycles. The Morgan fingerprint density at radius 3 is 2.07 bits per heavy atom. The van der Waals surface area contributed by atoms with E-state index in [4.69, 9.17) is 9.63 Å². The third-order valence-electron chi connectivity index (χ3n) is 1.60. The van der Waals surface area contributed by atoms with Crippen molar-refractivity contribution in [1.82, 2.24) is 20.1 Å². The van der Waals surface area contributed by atoms with Gasteiger partial charge in [0.1, 0.15) is 0 Å². The van der Waals surface area contributed by atoms with Crippen molar-refractivity contribution in [2.45, 2.75) is 6.92 Å². The van der Waals surface area contributed by atoms with Gasteiger partial charge in [0, 0.05) is 0 Å². The van der Waals surface area contributed by atoms with Crippen LogP contribution in [-0.2, 0) is 0 Å². The summed E-state index contributed by atoms with van der Waals surface area (Å²) in [7, 11) is 0. The number of nitrogens with zero attached hydrogens (tertiary/aromatic N) is 4. The summed E-state index contributed by atoms with van der Waals surface area (Å²) in [6.07, 6.45) is 0. The van der Waals surface area contributed by atoms with E-state index in [0.29, 0.717) is 5.82 Å². The minimum Gasteiger partial charge on any atom is -0.492 e. The van der Waals surface area contributed by atoms with Crippen molar-refractivity contribution in [2.24, 2.45) is 0 Å². The molecule has 15 heavy (non-hydrogen) atoms. The highest BCUT2D eigenvalue weighted by Crippen LogP contribution is 2.34. The van der Waals surface area contributed by atoms with Gasteiger partial charge in [0.25, 0.3) is 5.89 Å². The average molecular weight is 210 g/mol. The molecule has 0 bridgehead atoms. The van der Waals surface area contributed by atoms with Crippen molar-refractivity contribution in [3.05, 3.63) is 5.82 Å². The predicted octanol–water partition coefficient (Wildman–Crippen LogP) is -0.0482. The summed E-state index contributed by atoms with van der Waals surface area (Å²) in [5.74, 6) is -1.06. The molecule has 8 heteroatoms. The summed E-state index contributed by atoms with van der Waals surface area (Å²) < 4.78 is 4.71. The lowest BCUT2D eigenvalue weighted by atomic mass is 10.3. The third-order valence-corrected chi connectivity index (χ3v) is 1.60. The van der Waals surface area contributed by atoms with Gasteiger partial charge in [0.2, 0.25) is 11.8 Å². The van der Waals surface area contributed by atoms with Crippen LogP contribution in [0.15, 0.2) is 4.52 Å². The molecule has 0 aromatic carbocycles. The van der Waals surface area contributed by atoms with E-state index < -0.39 is 17.8 Å². The Morgan fingerprint density at radius 2 is 1.60 bits per heavy atom. The fraction of sp³-hybridized carbons (Fsp3) is 0.143. The second-order valence-electron chi connectivity index (χ2n) is 2.69. The summed E-state index contributed by atoms with van der Waals surface area (Å²) in [5, 5.41) is 31.0. The number of hydrogen-bond acceptors (Lipinski definition) is 8. The molecular formula is C7H6N4O4. The number of aromatic hydroxyl groups is 3. The number of aryl methyl sites for hydroxylation is 1. The summed E-state index contributed by atoms with van der Waals surface area (Å²) in [4.78, 5) is 10.2. The Balaban J connectivity index is 2.62. The van der Waals surface area contributed by atoms with Gasteiger partial charge in [-0.3, -0.25) is 0 Å². The maximum atomic E-state index is 9.34. The van der Waals surface area contributed by atoms with Gasteiger partial charge in [0.15, 0.2) is 11.4 Å². The lowest BCUT2D eigenvalue weighted by Gasteiger charge is -2.00. The average Bonchev–Trinajstić information content (AvgIpc) is 2.49. The molecular weight excluding hydrogens is 204 g/mol. The monoisotopic (exact) mass is 210 g/mol. The highest BCUT2D eigenvalue weighted by molar-refractivity contribution is 5.65. The molecule has 2 aromatic heterocycles. The molecule has 8 nitrogen and oxygen atoms in total. The Morgan fingerprint density at radius 1 is 1.00 bits per heavy atom. The molecule has 2 heterocycles. The van der Waals surface area contributed by atoms with Crippen molar-refractivity contribution in [1.29, 1.82) is 0 Å². The second kappa shape index (κ2) is 3.08. The molecule has 78 valence electrons. The molecule has 2 rings (SSSR count). The minimum atomic E-state index is -0.745. The van der Waals surface area contributed by atoms with Crippen LogP contribution in [0.1, 0.15) is 5.82 Å². The highest BCUT2D eigenvalue weighted by atomic mass is 16.5. The molecule has 0 saturated heterocycles. The van der Waals surface area contributed by atoms with E-state index in [2.05, 4.69) is 20.1 Å². The number of hydrogen-bond donors (Lipinski definition) is 3. The number of aromatic nitrogens is 4. The molecule has 0 fully saturated rings. The van der Waals surface area contributed by atoms with E-state index in [-0.39, 0.29) is 11.5 Å². The van der Waals surface area contributed by atoms with Gasteiger partial charge in [0.05, 0.1) is 0 Å². The summed E-state index contributed by atoms with van der Waals surface area (Å²) in [6.45, 7) is 1.57. The van der Waals surface area contributed by atoms with Crippen molar-refractivity contribution in [3.8, 4) is 29.2 Å². The van der Waals surface area contributed by atoms with Gasteiger partial charge in [-0.1, -0.05) is 5.16 Å². The minimum absolute atomic E-state index is 0.123. The molecule has 0 aliphatic rings. The van der Waals surface area contributed by atoms with E-state index in [9.17, 15) is 10.2 Å². The zero-order chi connectivity index (χ0) is 11.0. The fourth-order valence-corrected chi connectivity index (χ4v) is 1.02. The smallest absolute Gasteiger partial charge is 0.320 e. The largest absolute Gasteiger partial charge is 0.492 e. The van der Waals surface area contributed by atoms with Crippen LogP contribution in [0.4, 0.5) is 0 Å². The third kappa shape index (κ3) is 1.52. The molecule has 2 aromatic rings. The predicted molar refractivity (Wildman–Crippen MR) is 45.1 cm³/mol. The Labute approximate surface area is 82.9 Å².